The van der Waals surface area contributed by atoms with E-state index in [0.29, 0.717) is 51.3 Å². The molecule has 0 radical (unpaired) electrons. The van der Waals surface area contributed by atoms with Gasteiger partial charge in [-0.25, -0.2) is 9.37 Å². The second kappa shape index (κ2) is 13.0. The average Bonchev–Trinajstić information content (AvgIpc) is 3.59. The lowest BCUT2D eigenvalue weighted by Gasteiger charge is -2.33. The number of aromatic nitrogens is 4. The smallest absolute Gasteiger partial charge is 0.270 e. The summed E-state index contributed by atoms with van der Waals surface area (Å²) >= 11 is 9.23. The Labute approximate surface area is 240 Å². The minimum absolute atomic E-state index is 0.162. The van der Waals surface area contributed by atoms with Gasteiger partial charge in [-0.3, -0.25) is 9.36 Å². The molecule has 0 saturated carbocycles. The Hall–Kier alpha value is -2.79. The van der Waals surface area contributed by atoms with Gasteiger partial charge in [0.25, 0.3) is 5.91 Å². The fourth-order valence-corrected chi connectivity index (χ4v) is 6.66. The summed E-state index contributed by atoms with van der Waals surface area (Å²) in [6.07, 6.45) is 4.74. The summed E-state index contributed by atoms with van der Waals surface area (Å²) in [5.74, 6) is 0.353. The molecule has 2 aromatic heterocycles. The Morgan fingerprint density at radius 2 is 2.00 bits per heavy atom. The molecule has 1 saturated heterocycles. The maximum absolute atomic E-state index is 14.9. The number of rotatable bonds is 10. The van der Waals surface area contributed by atoms with Gasteiger partial charge in [-0.1, -0.05) is 54.0 Å². The molecule has 0 aliphatic carbocycles. The Kier molecular flexibility index (Phi) is 9.28. The van der Waals surface area contributed by atoms with Crippen LogP contribution in [0, 0.1) is 5.82 Å². The first-order valence-corrected chi connectivity index (χ1v) is 15.3. The van der Waals surface area contributed by atoms with Gasteiger partial charge in [0.1, 0.15) is 16.5 Å². The molecule has 1 aliphatic heterocycles. The summed E-state index contributed by atoms with van der Waals surface area (Å²) in [4.78, 5) is 19.7. The number of thiazole rings is 1. The van der Waals surface area contributed by atoms with E-state index in [4.69, 9.17) is 11.6 Å². The summed E-state index contributed by atoms with van der Waals surface area (Å²) in [6, 6.07) is 14.4. The molecule has 39 heavy (non-hydrogen) atoms. The molecule has 1 aliphatic rings. The van der Waals surface area contributed by atoms with Gasteiger partial charge in [-0.05, 0) is 57.0 Å². The highest BCUT2D eigenvalue weighted by atomic mass is 35.5. The highest BCUT2D eigenvalue weighted by Gasteiger charge is 2.21. The predicted molar refractivity (Wildman–Crippen MR) is 155 cm³/mol. The first-order valence-electron chi connectivity index (χ1n) is 13.1. The van der Waals surface area contributed by atoms with Gasteiger partial charge in [0.2, 0.25) is 0 Å². The van der Waals surface area contributed by atoms with E-state index in [1.54, 1.807) is 34.2 Å². The van der Waals surface area contributed by atoms with Crippen LogP contribution in [0.3, 0.4) is 0 Å². The number of benzene rings is 2. The number of amides is 1. The first kappa shape index (κ1) is 27.8. The molecule has 0 bridgehead atoms. The van der Waals surface area contributed by atoms with Crippen LogP contribution in [0.1, 0.15) is 48.1 Å². The minimum Gasteiger partial charge on any atom is -0.351 e. The highest BCUT2D eigenvalue weighted by molar-refractivity contribution is 7.98. The summed E-state index contributed by atoms with van der Waals surface area (Å²) < 4.78 is 16.5. The molecule has 1 fully saturated rings. The van der Waals surface area contributed by atoms with Crippen LogP contribution in [-0.4, -0.2) is 56.2 Å². The zero-order valence-electron chi connectivity index (χ0n) is 21.6. The number of thioether (sulfide) groups is 1. The van der Waals surface area contributed by atoms with Gasteiger partial charge in [-0.15, -0.1) is 21.5 Å². The largest absolute Gasteiger partial charge is 0.351 e. The highest BCUT2D eigenvalue weighted by Crippen LogP contribution is 2.34. The number of halogens is 2. The quantitative estimate of drug-likeness (QED) is 0.170. The third kappa shape index (κ3) is 6.69. The van der Waals surface area contributed by atoms with E-state index in [-0.39, 0.29) is 5.91 Å². The number of para-hydroxylation sites is 1. The van der Waals surface area contributed by atoms with Crippen LogP contribution in [0.15, 0.2) is 59.1 Å². The number of likely N-dealkylation sites (tertiary alicyclic amines) is 1. The molecule has 7 nitrogen and oxygen atoms in total. The van der Waals surface area contributed by atoms with Crippen LogP contribution in [-0.2, 0) is 5.75 Å². The standard InChI is InChI=1S/C28H30ClFN6OS2/c1-19-9-6-7-15-35(19)16-8-14-31-27(37)23-17-38-25(32-23)18-39-28-34-33-26(20-10-2-3-11-21(20)29)36(28)24-13-5-4-12-22(24)30/h2-5,10-13,17,19H,6-9,14-16,18H2,1H3,(H,31,37). The molecule has 2 aromatic carbocycles. The van der Waals surface area contributed by atoms with Gasteiger partial charge in [0, 0.05) is 30.1 Å². The van der Waals surface area contributed by atoms with Crippen molar-refractivity contribution in [2.45, 2.75) is 49.6 Å². The van der Waals surface area contributed by atoms with Gasteiger partial charge < -0.3 is 10.2 Å². The number of piperidine rings is 1. The van der Waals surface area contributed by atoms with Crippen molar-refractivity contribution < 1.29 is 9.18 Å². The van der Waals surface area contributed by atoms with Crippen molar-refractivity contribution in [2.75, 3.05) is 19.6 Å². The van der Waals surface area contributed by atoms with Crippen LogP contribution < -0.4 is 5.32 Å². The van der Waals surface area contributed by atoms with Gasteiger partial charge in [-0.2, -0.15) is 0 Å². The van der Waals surface area contributed by atoms with Crippen LogP contribution in [0.2, 0.25) is 5.02 Å². The fourth-order valence-electron chi connectivity index (χ4n) is 4.70. The SMILES string of the molecule is CC1CCCCN1CCCNC(=O)c1csc(CSc2nnc(-c3ccccc3Cl)n2-c2ccccc2F)n1. The molecule has 3 heterocycles. The number of carbonyl (C=O) groups is 1. The molecular weight excluding hydrogens is 555 g/mol. The number of nitrogens with one attached hydrogen (secondary N) is 1. The van der Waals surface area contributed by atoms with E-state index in [0.717, 1.165) is 24.5 Å². The van der Waals surface area contributed by atoms with Gasteiger partial charge >= 0.3 is 0 Å². The van der Waals surface area contributed by atoms with Crippen molar-refractivity contribution in [1.29, 1.82) is 0 Å². The van der Waals surface area contributed by atoms with E-state index in [1.807, 2.05) is 18.2 Å². The fraction of sp³-hybridized carbons (Fsp3) is 0.357. The molecule has 1 N–H and O–H groups in total. The Morgan fingerprint density at radius 3 is 2.82 bits per heavy atom. The second-order valence-corrected chi connectivity index (χ2v) is 11.8. The van der Waals surface area contributed by atoms with Crippen molar-refractivity contribution in [1.82, 2.24) is 30.0 Å². The van der Waals surface area contributed by atoms with Gasteiger partial charge in [0.05, 0.1) is 16.5 Å². The van der Waals surface area contributed by atoms with Crippen LogP contribution >= 0.6 is 34.7 Å². The van der Waals surface area contributed by atoms with E-state index in [9.17, 15) is 9.18 Å². The number of nitrogens with zero attached hydrogens (tertiary/aromatic N) is 5. The third-order valence-electron chi connectivity index (χ3n) is 6.80. The second-order valence-electron chi connectivity index (χ2n) is 9.48. The van der Waals surface area contributed by atoms with Crippen molar-refractivity contribution in [3.05, 3.63) is 75.5 Å². The van der Waals surface area contributed by atoms with E-state index in [2.05, 4.69) is 32.3 Å². The molecule has 1 unspecified atom stereocenters. The van der Waals surface area contributed by atoms with Crippen LogP contribution in [0.4, 0.5) is 4.39 Å². The number of hydrogen-bond donors (Lipinski definition) is 1. The maximum atomic E-state index is 14.9. The zero-order valence-corrected chi connectivity index (χ0v) is 24.0. The molecule has 204 valence electrons. The lowest BCUT2D eigenvalue weighted by Crippen LogP contribution is -2.39. The van der Waals surface area contributed by atoms with Crippen molar-refractivity contribution in [2.24, 2.45) is 0 Å². The Bertz CT molecular complexity index is 1430. The van der Waals surface area contributed by atoms with Crippen molar-refractivity contribution >= 4 is 40.6 Å². The molecule has 5 rings (SSSR count). The summed E-state index contributed by atoms with van der Waals surface area (Å²) in [5.41, 5.74) is 1.40. The topological polar surface area (TPSA) is 75.9 Å². The summed E-state index contributed by atoms with van der Waals surface area (Å²) in [5, 5.41) is 15.2. The molecule has 1 amide bonds. The predicted octanol–water partition coefficient (Wildman–Crippen LogP) is 6.47. The van der Waals surface area contributed by atoms with Crippen LogP contribution in [0.5, 0.6) is 0 Å². The summed E-state index contributed by atoms with van der Waals surface area (Å²) in [6.45, 7) is 5.05. The summed E-state index contributed by atoms with van der Waals surface area (Å²) in [7, 11) is 0. The normalized spacial score (nSPS) is 15.9. The molecule has 1 atom stereocenters. The van der Waals surface area contributed by atoms with E-state index in [1.165, 1.54) is 48.4 Å². The monoisotopic (exact) mass is 584 g/mol. The number of carbonyl (C=O) groups excluding carboxylic acids is 1. The average molecular weight is 585 g/mol. The number of hydrogen-bond acceptors (Lipinski definition) is 7. The van der Waals surface area contributed by atoms with Crippen LogP contribution in [0.25, 0.3) is 17.1 Å². The molecular formula is C28H30ClFN6OS2. The zero-order chi connectivity index (χ0) is 27.2. The maximum Gasteiger partial charge on any atom is 0.270 e. The molecule has 4 aromatic rings. The first-order chi connectivity index (χ1) is 19.0. The lowest BCUT2D eigenvalue weighted by molar-refractivity contribution is 0.0944. The third-order valence-corrected chi connectivity index (χ3v) is 9.10. The van der Waals surface area contributed by atoms with Crippen molar-refractivity contribution in [3.8, 4) is 17.1 Å². The van der Waals surface area contributed by atoms with Crippen molar-refractivity contribution in [3.63, 3.8) is 0 Å². The van der Waals surface area contributed by atoms with Gasteiger partial charge in [0.15, 0.2) is 11.0 Å². The molecule has 11 heteroatoms. The Balaban J connectivity index is 1.24. The van der Waals surface area contributed by atoms with E-state index < -0.39 is 5.82 Å². The molecule has 0 spiro atoms. The lowest BCUT2D eigenvalue weighted by atomic mass is 10.0. The Morgan fingerprint density at radius 1 is 1.18 bits per heavy atom. The minimum atomic E-state index is -0.393. The van der Waals surface area contributed by atoms with E-state index >= 15 is 0 Å².